The molecule has 0 radical (unpaired) electrons. The second-order valence-electron chi connectivity index (χ2n) is 9.67. The fourth-order valence-corrected chi connectivity index (χ4v) is 3.85. The average molecular weight is 469 g/mol. The molecule has 1 aliphatic carbocycles. The molecule has 0 aromatic carbocycles. The molecule has 0 unspecified atom stereocenters. The van der Waals surface area contributed by atoms with E-state index in [9.17, 15) is 14.4 Å². The first-order valence-corrected chi connectivity index (χ1v) is 11.4. The molecule has 2 aromatic heterocycles. The predicted molar refractivity (Wildman–Crippen MR) is 124 cm³/mol. The van der Waals surface area contributed by atoms with Crippen molar-refractivity contribution in [2.45, 2.75) is 45.3 Å². The van der Waals surface area contributed by atoms with Crippen LogP contribution in [0, 0.1) is 0 Å². The van der Waals surface area contributed by atoms with Crippen molar-refractivity contribution in [1.82, 2.24) is 30.1 Å². The molecule has 5 rings (SSSR count). The average Bonchev–Trinajstić information content (AvgIpc) is 3.40. The van der Waals surface area contributed by atoms with Gasteiger partial charge >= 0.3 is 12.1 Å². The number of ether oxygens (including phenoxy) is 1. The number of hydrogen-bond acceptors (Lipinski definition) is 8. The van der Waals surface area contributed by atoms with Gasteiger partial charge in [-0.3, -0.25) is 10.1 Å². The van der Waals surface area contributed by atoms with E-state index in [4.69, 9.17) is 9.72 Å². The molecule has 3 aliphatic rings. The molecule has 4 heterocycles. The lowest BCUT2D eigenvalue weighted by atomic mass is 10.2. The molecule has 0 bridgehead atoms. The third kappa shape index (κ3) is 4.61. The van der Waals surface area contributed by atoms with Crippen molar-refractivity contribution in [2.75, 3.05) is 36.4 Å². The molecule has 34 heavy (non-hydrogen) atoms. The summed E-state index contributed by atoms with van der Waals surface area (Å²) >= 11 is 0. The van der Waals surface area contributed by atoms with Crippen LogP contribution in [0.5, 0.6) is 0 Å². The summed E-state index contributed by atoms with van der Waals surface area (Å²) in [6.45, 7) is 7.82. The van der Waals surface area contributed by atoms with Crippen molar-refractivity contribution >= 4 is 41.4 Å². The van der Waals surface area contributed by atoms with E-state index in [1.54, 1.807) is 21.7 Å². The van der Waals surface area contributed by atoms with Crippen molar-refractivity contribution in [2.24, 2.45) is 0 Å². The summed E-state index contributed by atoms with van der Waals surface area (Å²) in [6.07, 6.45) is 5.07. The molecule has 0 atom stereocenters. The Labute approximate surface area is 196 Å². The van der Waals surface area contributed by atoms with Crippen LogP contribution in [-0.2, 0) is 9.53 Å². The summed E-state index contributed by atoms with van der Waals surface area (Å²) in [5.41, 5.74) is 0.791. The van der Waals surface area contributed by atoms with E-state index in [1.165, 1.54) is 0 Å². The number of rotatable bonds is 4. The number of piperazine rings is 1. The summed E-state index contributed by atoms with van der Waals surface area (Å²) in [6, 6.07) is 1.80. The summed E-state index contributed by atoms with van der Waals surface area (Å²) < 4.78 is 7.20. The molecule has 2 saturated heterocycles. The number of amides is 4. The summed E-state index contributed by atoms with van der Waals surface area (Å²) in [4.78, 5) is 44.5. The van der Waals surface area contributed by atoms with Crippen LogP contribution in [0.1, 0.15) is 39.2 Å². The third-order valence-electron chi connectivity index (χ3n) is 5.69. The monoisotopic (exact) mass is 468 g/mol. The van der Waals surface area contributed by atoms with Crippen LogP contribution in [0.25, 0.3) is 11.7 Å². The van der Waals surface area contributed by atoms with Gasteiger partial charge in [0.15, 0.2) is 5.65 Å². The minimum atomic E-state index is -0.555. The highest BCUT2D eigenvalue weighted by atomic mass is 16.6. The lowest BCUT2D eigenvalue weighted by molar-refractivity contribution is -0.115. The number of imide groups is 1. The number of hydrogen-bond donors (Lipinski definition) is 3. The zero-order valence-electron chi connectivity index (χ0n) is 19.4. The second-order valence-corrected chi connectivity index (χ2v) is 9.67. The predicted octanol–water partition coefficient (Wildman–Crippen LogP) is 1.54. The van der Waals surface area contributed by atoms with Gasteiger partial charge in [0.05, 0.1) is 6.20 Å². The molecule has 1 saturated carbocycles. The van der Waals surface area contributed by atoms with E-state index in [0.29, 0.717) is 43.4 Å². The zero-order valence-corrected chi connectivity index (χ0v) is 19.4. The number of carbonyl (C=O) groups excluding carboxylic acids is 3. The number of fused-ring (bicyclic) bond motifs is 1. The van der Waals surface area contributed by atoms with Gasteiger partial charge in [-0.2, -0.15) is 9.61 Å². The van der Waals surface area contributed by atoms with Gasteiger partial charge in [-0.05, 0) is 39.7 Å². The first-order chi connectivity index (χ1) is 16.2. The Morgan fingerprint density at radius 1 is 1.18 bits per heavy atom. The van der Waals surface area contributed by atoms with E-state index in [0.717, 1.165) is 24.5 Å². The number of carbonyl (C=O) groups is 3. The Balaban J connectivity index is 1.41. The molecular weight excluding hydrogens is 440 g/mol. The lowest BCUT2D eigenvalue weighted by Crippen LogP contribution is -2.50. The SMILES string of the molecule is CC(C)(C)OC(=O)N1CCN(c2cc(NC3CC3)n3ncc(/C=C4\NC(=O)NC4=O)c3n2)CC1. The van der Waals surface area contributed by atoms with Gasteiger partial charge in [-0.25, -0.2) is 14.6 Å². The summed E-state index contributed by atoms with van der Waals surface area (Å²) in [7, 11) is 0. The van der Waals surface area contributed by atoms with E-state index >= 15 is 0 Å². The molecule has 4 amide bonds. The number of nitrogens with zero attached hydrogens (tertiary/aromatic N) is 5. The molecule has 3 fully saturated rings. The molecule has 2 aromatic rings. The maximum atomic E-state index is 12.4. The maximum absolute atomic E-state index is 12.4. The molecular formula is C22H28N8O4. The van der Waals surface area contributed by atoms with Crippen LogP contribution in [-0.4, -0.2) is 75.4 Å². The van der Waals surface area contributed by atoms with Crippen molar-refractivity contribution in [3.63, 3.8) is 0 Å². The molecule has 2 aliphatic heterocycles. The number of nitrogens with one attached hydrogen (secondary N) is 3. The van der Waals surface area contributed by atoms with Crippen LogP contribution in [0.2, 0.25) is 0 Å². The highest BCUT2D eigenvalue weighted by Crippen LogP contribution is 2.29. The van der Waals surface area contributed by atoms with Crippen molar-refractivity contribution in [3.8, 4) is 0 Å². The molecule has 180 valence electrons. The fraction of sp³-hybridized carbons (Fsp3) is 0.500. The van der Waals surface area contributed by atoms with Gasteiger partial charge < -0.3 is 25.2 Å². The first kappa shape index (κ1) is 22.0. The van der Waals surface area contributed by atoms with Crippen LogP contribution in [0.15, 0.2) is 18.0 Å². The van der Waals surface area contributed by atoms with Gasteiger partial charge in [-0.1, -0.05) is 0 Å². The standard InChI is InChI=1S/C22H28N8O4/c1-22(2,3)34-21(33)29-8-6-28(7-9-29)16-11-17(24-14-4-5-14)30-18(26-16)13(12-23-30)10-15-19(31)27-20(32)25-15/h10-12,14,24H,4-9H2,1-3H3,(H2,25,27,31,32)/b15-10-. The molecule has 0 spiro atoms. The number of anilines is 2. The Hall–Kier alpha value is -3.83. The second kappa shape index (κ2) is 8.19. The summed E-state index contributed by atoms with van der Waals surface area (Å²) in [5, 5.41) is 12.6. The highest BCUT2D eigenvalue weighted by molar-refractivity contribution is 6.14. The van der Waals surface area contributed by atoms with Crippen molar-refractivity contribution in [1.29, 1.82) is 0 Å². The van der Waals surface area contributed by atoms with Gasteiger partial charge in [0.25, 0.3) is 5.91 Å². The molecule has 12 heteroatoms. The number of urea groups is 1. The quantitative estimate of drug-likeness (QED) is 0.455. The molecule has 3 N–H and O–H groups in total. The Morgan fingerprint density at radius 3 is 2.53 bits per heavy atom. The topological polar surface area (TPSA) is 133 Å². The van der Waals surface area contributed by atoms with Crippen LogP contribution in [0.4, 0.5) is 21.2 Å². The smallest absolute Gasteiger partial charge is 0.410 e. The van der Waals surface area contributed by atoms with E-state index in [-0.39, 0.29) is 11.8 Å². The fourth-order valence-electron chi connectivity index (χ4n) is 3.85. The minimum Gasteiger partial charge on any atom is -0.444 e. The van der Waals surface area contributed by atoms with Gasteiger partial charge in [0.1, 0.15) is 22.9 Å². The molecule has 12 nitrogen and oxygen atoms in total. The van der Waals surface area contributed by atoms with E-state index < -0.39 is 17.5 Å². The first-order valence-electron chi connectivity index (χ1n) is 11.4. The van der Waals surface area contributed by atoms with E-state index in [2.05, 4.69) is 25.9 Å². The van der Waals surface area contributed by atoms with Crippen LogP contribution < -0.4 is 20.9 Å². The Kier molecular flexibility index (Phi) is 5.29. The summed E-state index contributed by atoms with van der Waals surface area (Å²) in [5.74, 6) is 1.07. The largest absolute Gasteiger partial charge is 0.444 e. The maximum Gasteiger partial charge on any atom is 0.410 e. The number of aromatic nitrogens is 3. The van der Waals surface area contributed by atoms with Gasteiger partial charge in [0, 0.05) is 43.9 Å². The van der Waals surface area contributed by atoms with Gasteiger partial charge in [-0.15, -0.1) is 0 Å². The highest BCUT2D eigenvalue weighted by Gasteiger charge is 2.29. The van der Waals surface area contributed by atoms with Crippen molar-refractivity contribution < 1.29 is 19.1 Å². The normalized spacial score (nSPS) is 20.0. The minimum absolute atomic E-state index is 0.148. The zero-order chi connectivity index (χ0) is 24.0. The Morgan fingerprint density at radius 2 is 1.91 bits per heavy atom. The van der Waals surface area contributed by atoms with Crippen LogP contribution >= 0.6 is 0 Å². The van der Waals surface area contributed by atoms with E-state index in [1.807, 2.05) is 26.8 Å². The Bertz CT molecular complexity index is 1190. The lowest BCUT2D eigenvalue weighted by Gasteiger charge is -2.36. The van der Waals surface area contributed by atoms with Gasteiger partial charge in [0.2, 0.25) is 0 Å². The third-order valence-corrected chi connectivity index (χ3v) is 5.69. The van der Waals surface area contributed by atoms with Crippen LogP contribution in [0.3, 0.4) is 0 Å². The van der Waals surface area contributed by atoms with Crippen molar-refractivity contribution in [3.05, 3.63) is 23.5 Å².